The summed E-state index contributed by atoms with van der Waals surface area (Å²) in [7, 11) is -3.50. The summed E-state index contributed by atoms with van der Waals surface area (Å²) in [6.45, 7) is 1.62. The van der Waals surface area contributed by atoms with E-state index in [1.54, 1.807) is 35.6 Å². The van der Waals surface area contributed by atoms with Crippen LogP contribution in [0, 0.1) is 0 Å². The van der Waals surface area contributed by atoms with E-state index in [1.165, 1.54) is 4.31 Å². The van der Waals surface area contributed by atoms with Gasteiger partial charge in [0.15, 0.2) is 0 Å². The van der Waals surface area contributed by atoms with E-state index in [-0.39, 0.29) is 4.90 Å². The van der Waals surface area contributed by atoms with Crippen LogP contribution in [-0.4, -0.2) is 44.0 Å². The number of hydrogen-bond donors (Lipinski definition) is 0. The van der Waals surface area contributed by atoms with Crippen LogP contribution in [0.5, 0.6) is 0 Å². The minimum atomic E-state index is -3.50. The van der Waals surface area contributed by atoms with Gasteiger partial charge in [0, 0.05) is 18.7 Å². The van der Waals surface area contributed by atoms with Gasteiger partial charge in [0.1, 0.15) is 16.5 Å². The van der Waals surface area contributed by atoms with E-state index in [1.807, 2.05) is 42.5 Å². The van der Waals surface area contributed by atoms with Gasteiger partial charge in [0.25, 0.3) is 0 Å². The highest BCUT2D eigenvalue weighted by Crippen LogP contribution is 2.27. The highest BCUT2D eigenvalue weighted by Gasteiger charge is 2.26. The van der Waals surface area contributed by atoms with Gasteiger partial charge >= 0.3 is 0 Å². The Morgan fingerprint density at radius 3 is 2.48 bits per heavy atom. The molecule has 1 aliphatic heterocycles. The minimum Gasteiger partial charge on any atom is -0.457 e. The molecule has 2 aromatic heterocycles. The van der Waals surface area contributed by atoms with E-state index < -0.39 is 10.0 Å². The fourth-order valence-electron chi connectivity index (χ4n) is 3.44. The molecule has 0 bridgehead atoms. The highest BCUT2D eigenvalue weighted by atomic mass is 32.2. The Morgan fingerprint density at radius 2 is 1.71 bits per heavy atom. The number of ether oxygens (including phenoxy) is 1. The van der Waals surface area contributed by atoms with Gasteiger partial charge in [-0.2, -0.15) is 4.31 Å². The number of fused-ring (bicyclic) bond motifs is 1. The second-order valence-corrected chi connectivity index (χ2v) is 10.1. The SMILES string of the molecule is O=S(=O)(c1ccc(-c2ccc(/C=C/c3nc4ccccc4s3)o2)cc1)N1CCOCC1. The Bertz CT molecular complexity index is 1300. The van der Waals surface area contributed by atoms with Crippen LogP contribution in [0.15, 0.2) is 70.0 Å². The lowest BCUT2D eigenvalue weighted by molar-refractivity contribution is 0.0730. The van der Waals surface area contributed by atoms with Gasteiger partial charge in [-0.05, 0) is 60.7 Å². The molecular formula is C23H20N2O4S2. The number of furan rings is 1. The van der Waals surface area contributed by atoms with Crippen molar-refractivity contribution in [2.45, 2.75) is 4.90 Å². The minimum absolute atomic E-state index is 0.278. The summed E-state index contributed by atoms with van der Waals surface area (Å²) in [6.07, 6.45) is 3.82. The molecular weight excluding hydrogens is 432 g/mol. The van der Waals surface area contributed by atoms with Crippen molar-refractivity contribution >= 4 is 43.7 Å². The summed E-state index contributed by atoms with van der Waals surface area (Å²) < 4.78 is 39.3. The van der Waals surface area contributed by atoms with Gasteiger partial charge < -0.3 is 9.15 Å². The van der Waals surface area contributed by atoms with E-state index >= 15 is 0 Å². The van der Waals surface area contributed by atoms with Crippen molar-refractivity contribution in [3.63, 3.8) is 0 Å². The molecule has 158 valence electrons. The molecule has 0 spiro atoms. The van der Waals surface area contributed by atoms with Gasteiger partial charge in [-0.3, -0.25) is 0 Å². The molecule has 31 heavy (non-hydrogen) atoms. The van der Waals surface area contributed by atoms with Crippen molar-refractivity contribution in [2.75, 3.05) is 26.3 Å². The maximum atomic E-state index is 12.8. The summed E-state index contributed by atoms with van der Waals surface area (Å²) in [6, 6.07) is 18.6. The third kappa shape index (κ3) is 4.20. The zero-order valence-corrected chi connectivity index (χ0v) is 18.2. The van der Waals surface area contributed by atoms with E-state index in [0.717, 1.165) is 20.8 Å². The third-order valence-electron chi connectivity index (χ3n) is 5.07. The fourth-order valence-corrected chi connectivity index (χ4v) is 5.72. The smallest absolute Gasteiger partial charge is 0.243 e. The van der Waals surface area contributed by atoms with Crippen LogP contribution < -0.4 is 0 Å². The van der Waals surface area contributed by atoms with Gasteiger partial charge in [-0.15, -0.1) is 11.3 Å². The van der Waals surface area contributed by atoms with E-state index in [2.05, 4.69) is 11.1 Å². The summed E-state index contributed by atoms with van der Waals surface area (Å²) in [5.74, 6) is 1.39. The van der Waals surface area contributed by atoms with Crippen molar-refractivity contribution < 1.29 is 17.6 Å². The Kier molecular flexibility index (Phi) is 5.45. The van der Waals surface area contributed by atoms with Crippen LogP contribution in [0.2, 0.25) is 0 Å². The van der Waals surface area contributed by atoms with Crippen molar-refractivity contribution in [1.82, 2.24) is 9.29 Å². The summed E-state index contributed by atoms with van der Waals surface area (Å²) >= 11 is 1.63. The topological polar surface area (TPSA) is 72.6 Å². The molecule has 4 aromatic rings. The molecule has 1 saturated heterocycles. The van der Waals surface area contributed by atoms with Crippen molar-refractivity contribution in [3.8, 4) is 11.3 Å². The van der Waals surface area contributed by atoms with Crippen LogP contribution in [0.25, 0.3) is 33.7 Å². The average molecular weight is 453 g/mol. The first-order valence-corrected chi connectivity index (χ1v) is 12.2. The lowest BCUT2D eigenvalue weighted by Crippen LogP contribution is -2.40. The number of para-hydroxylation sites is 1. The molecule has 0 radical (unpaired) electrons. The second-order valence-electron chi connectivity index (χ2n) is 7.10. The zero-order chi connectivity index (χ0) is 21.3. The quantitative estimate of drug-likeness (QED) is 0.437. The first-order valence-electron chi connectivity index (χ1n) is 9.91. The molecule has 0 unspecified atom stereocenters. The van der Waals surface area contributed by atoms with Crippen LogP contribution >= 0.6 is 11.3 Å². The lowest BCUT2D eigenvalue weighted by atomic mass is 10.2. The van der Waals surface area contributed by atoms with Crippen LogP contribution in [0.4, 0.5) is 0 Å². The Morgan fingerprint density at radius 1 is 0.935 bits per heavy atom. The molecule has 8 heteroatoms. The standard InChI is InChI=1S/C23H20N2O4S2/c26-31(27,25-13-15-28-16-14-25)19-9-5-17(6-10-19)21-11-7-18(29-21)8-12-23-24-20-3-1-2-4-22(20)30-23/h1-12H,13-16H2/b12-8+. The molecule has 0 amide bonds. The fraction of sp³-hybridized carbons (Fsp3) is 0.174. The first kappa shape index (κ1) is 20.1. The number of sulfonamides is 1. The number of thiazole rings is 1. The normalized spacial score (nSPS) is 15.7. The Labute approximate surface area is 184 Å². The number of nitrogens with zero attached hydrogens (tertiary/aromatic N) is 2. The molecule has 1 fully saturated rings. The monoisotopic (exact) mass is 452 g/mol. The van der Waals surface area contributed by atoms with Gasteiger partial charge in [-0.25, -0.2) is 13.4 Å². The molecule has 2 aromatic carbocycles. The summed E-state index contributed by atoms with van der Waals surface area (Å²) in [4.78, 5) is 4.86. The largest absolute Gasteiger partial charge is 0.457 e. The average Bonchev–Trinajstić information content (AvgIpc) is 3.45. The first-order chi connectivity index (χ1) is 15.1. The summed E-state index contributed by atoms with van der Waals surface area (Å²) in [5.41, 5.74) is 1.81. The third-order valence-corrected chi connectivity index (χ3v) is 7.99. The predicted molar refractivity (Wildman–Crippen MR) is 122 cm³/mol. The number of aromatic nitrogens is 1. The molecule has 0 atom stereocenters. The molecule has 5 rings (SSSR count). The van der Waals surface area contributed by atoms with Gasteiger partial charge in [0.2, 0.25) is 10.0 Å². The molecule has 0 aliphatic carbocycles. The predicted octanol–water partition coefficient (Wildman–Crippen LogP) is 4.75. The number of rotatable bonds is 5. The van der Waals surface area contributed by atoms with Crippen molar-refractivity contribution in [1.29, 1.82) is 0 Å². The van der Waals surface area contributed by atoms with Crippen molar-refractivity contribution in [2.24, 2.45) is 0 Å². The number of morpholine rings is 1. The van der Waals surface area contributed by atoms with E-state index in [4.69, 9.17) is 9.15 Å². The van der Waals surface area contributed by atoms with Crippen LogP contribution in [0.3, 0.4) is 0 Å². The van der Waals surface area contributed by atoms with E-state index in [9.17, 15) is 8.42 Å². The summed E-state index contributed by atoms with van der Waals surface area (Å²) in [5, 5.41) is 0.914. The molecule has 0 saturated carbocycles. The molecule has 1 aliphatic rings. The maximum absolute atomic E-state index is 12.8. The zero-order valence-electron chi connectivity index (χ0n) is 16.6. The number of hydrogen-bond acceptors (Lipinski definition) is 6. The molecule has 3 heterocycles. The molecule has 6 nitrogen and oxygen atoms in total. The van der Waals surface area contributed by atoms with Crippen molar-refractivity contribution in [3.05, 3.63) is 71.4 Å². The maximum Gasteiger partial charge on any atom is 0.243 e. The number of benzene rings is 2. The van der Waals surface area contributed by atoms with Crippen LogP contribution in [0.1, 0.15) is 10.8 Å². The molecule has 0 N–H and O–H groups in total. The Balaban J connectivity index is 1.32. The van der Waals surface area contributed by atoms with Crippen LogP contribution in [-0.2, 0) is 14.8 Å². The lowest BCUT2D eigenvalue weighted by Gasteiger charge is -2.26. The van der Waals surface area contributed by atoms with E-state index in [0.29, 0.717) is 37.8 Å². The van der Waals surface area contributed by atoms with Gasteiger partial charge in [-0.1, -0.05) is 12.1 Å². The second kappa shape index (κ2) is 8.39. The Hall–Kier alpha value is -2.78. The highest BCUT2D eigenvalue weighted by molar-refractivity contribution is 7.89. The van der Waals surface area contributed by atoms with Gasteiger partial charge in [0.05, 0.1) is 28.3 Å².